The summed E-state index contributed by atoms with van der Waals surface area (Å²) in [5.41, 5.74) is 9.15. The van der Waals surface area contributed by atoms with Gasteiger partial charge in [0.2, 0.25) is 5.91 Å². The third-order valence-electron chi connectivity index (χ3n) is 6.17. The van der Waals surface area contributed by atoms with Gasteiger partial charge in [0.05, 0.1) is 6.61 Å². The number of halogens is 2. The summed E-state index contributed by atoms with van der Waals surface area (Å²) in [7, 11) is 0. The number of amides is 1. The zero-order valence-electron chi connectivity index (χ0n) is 17.0. The monoisotopic (exact) mass is 405 g/mol. The quantitative estimate of drug-likeness (QED) is 0.783. The summed E-state index contributed by atoms with van der Waals surface area (Å²) in [5.74, 6) is -0.385. The van der Waals surface area contributed by atoms with E-state index in [0.717, 1.165) is 25.2 Å². The number of benzene rings is 1. The zero-order valence-corrected chi connectivity index (χ0v) is 17.0. The normalized spacial score (nSPS) is 27.8. The molecule has 1 saturated heterocycles. The van der Waals surface area contributed by atoms with Crippen LogP contribution < -0.4 is 5.73 Å². The summed E-state index contributed by atoms with van der Waals surface area (Å²) in [6, 6.07) is 3.14. The molecule has 3 aliphatic rings. The number of rotatable bonds is 4. The van der Waals surface area contributed by atoms with Crippen molar-refractivity contribution in [2.75, 3.05) is 32.8 Å². The molecule has 1 aromatic rings. The van der Waals surface area contributed by atoms with Crippen LogP contribution in [0.4, 0.5) is 8.78 Å². The van der Waals surface area contributed by atoms with Gasteiger partial charge in [0.1, 0.15) is 17.7 Å². The standard InChI is InChI=1S/C22H29F2N3O2/c1-13(2)5-21(28)27-10-14-8-26(9-15(14)11-27)17-7-20(25)22(29-12-17)18-6-16(23)3-4-19(18)24/h3-4,6,13,17,20,22H,5,7-12,25H2,1-2H3/t17-,20+,22-/m1/s1. The van der Waals surface area contributed by atoms with Gasteiger partial charge in [-0.2, -0.15) is 0 Å². The van der Waals surface area contributed by atoms with E-state index in [2.05, 4.69) is 18.7 Å². The zero-order chi connectivity index (χ0) is 20.7. The second kappa shape index (κ2) is 8.13. The molecule has 158 valence electrons. The molecule has 3 aliphatic heterocycles. The van der Waals surface area contributed by atoms with Gasteiger partial charge in [0.15, 0.2) is 0 Å². The Hall–Kier alpha value is -1.83. The molecule has 4 rings (SSSR count). The van der Waals surface area contributed by atoms with Crippen molar-refractivity contribution in [1.82, 2.24) is 9.80 Å². The van der Waals surface area contributed by atoms with Gasteiger partial charge in [-0.3, -0.25) is 9.69 Å². The van der Waals surface area contributed by atoms with Gasteiger partial charge >= 0.3 is 0 Å². The molecule has 7 heteroatoms. The van der Waals surface area contributed by atoms with Gasteiger partial charge in [0, 0.05) is 50.2 Å². The lowest BCUT2D eigenvalue weighted by Gasteiger charge is -2.39. The Morgan fingerprint density at radius 1 is 1.21 bits per heavy atom. The number of nitrogens with two attached hydrogens (primary N) is 1. The molecular weight excluding hydrogens is 376 g/mol. The number of nitrogens with zero attached hydrogens (tertiary/aromatic N) is 2. The van der Waals surface area contributed by atoms with Gasteiger partial charge in [-0.25, -0.2) is 8.78 Å². The van der Waals surface area contributed by atoms with Crippen LogP contribution in [0.3, 0.4) is 0 Å². The Kier molecular flexibility index (Phi) is 5.73. The maximum absolute atomic E-state index is 14.1. The van der Waals surface area contributed by atoms with Crippen molar-refractivity contribution in [2.45, 2.75) is 44.9 Å². The van der Waals surface area contributed by atoms with E-state index in [0.29, 0.717) is 38.5 Å². The number of hydrogen-bond acceptors (Lipinski definition) is 4. The van der Waals surface area contributed by atoms with Gasteiger partial charge < -0.3 is 15.4 Å². The highest BCUT2D eigenvalue weighted by atomic mass is 19.1. The van der Waals surface area contributed by atoms with Crippen LogP contribution in [0.25, 0.3) is 0 Å². The second-order valence-electron chi connectivity index (χ2n) is 8.93. The Morgan fingerprint density at radius 2 is 1.90 bits per heavy atom. The summed E-state index contributed by atoms with van der Waals surface area (Å²) < 4.78 is 33.6. The third kappa shape index (κ3) is 4.22. The minimum absolute atomic E-state index is 0.142. The predicted octanol–water partition coefficient (Wildman–Crippen LogP) is 2.62. The summed E-state index contributed by atoms with van der Waals surface area (Å²) in [5, 5.41) is 0. The van der Waals surface area contributed by atoms with Crippen LogP contribution in [0, 0.1) is 17.6 Å². The first-order valence-corrected chi connectivity index (χ1v) is 10.4. The fourth-order valence-corrected chi connectivity index (χ4v) is 4.67. The Labute approximate surface area is 170 Å². The molecule has 0 aliphatic carbocycles. The summed E-state index contributed by atoms with van der Waals surface area (Å²) in [4.78, 5) is 16.6. The van der Waals surface area contributed by atoms with E-state index in [1.165, 1.54) is 17.2 Å². The molecule has 1 amide bonds. The molecule has 2 N–H and O–H groups in total. The largest absolute Gasteiger partial charge is 0.370 e. The fourth-order valence-electron chi connectivity index (χ4n) is 4.67. The van der Waals surface area contributed by atoms with E-state index in [-0.39, 0.29) is 17.5 Å². The van der Waals surface area contributed by atoms with Crippen molar-refractivity contribution in [1.29, 1.82) is 0 Å². The minimum atomic E-state index is -0.631. The first-order valence-electron chi connectivity index (χ1n) is 10.4. The molecule has 5 nitrogen and oxygen atoms in total. The minimum Gasteiger partial charge on any atom is -0.370 e. The van der Waals surface area contributed by atoms with E-state index in [1.807, 2.05) is 4.90 Å². The van der Waals surface area contributed by atoms with Crippen molar-refractivity contribution in [3.05, 3.63) is 46.5 Å². The second-order valence-corrected chi connectivity index (χ2v) is 8.93. The van der Waals surface area contributed by atoms with Gasteiger partial charge in [-0.05, 0) is 41.7 Å². The van der Waals surface area contributed by atoms with E-state index in [4.69, 9.17) is 10.5 Å². The Morgan fingerprint density at radius 3 is 2.52 bits per heavy atom. The molecule has 1 fully saturated rings. The molecule has 29 heavy (non-hydrogen) atoms. The molecule has 3 heterocycles. The molecule has 0 spiro atoms. The first-order chi connectivity index (χ1) is 13.8. The summed E-state index contributed by atoms with van der Waals surface area (Å²) in [6.07, 6.45) is 0.624. The Balaban J connectivity index is 1.33. The summed E-state index contributed by atoms with van der Waals surface area (Å²) >= 11 is 0. The fraction of sp³-hybridized carbons (Fsp3) is 0.591. The third-order valence-corrected chi connectivity index (χ3v) is 6.17. The topological polar surface area (TPSA) is 58.8 Å². The van der Waals surface area contributed by atoms with Crippen molar-refractivity contribution in [3.8, 4) is 0 Å². The van der Waals surface area contributed by atoms with Crippen LogP contribution in [0.2, 0.25) is 0 Å². The lowest BCUT2D eigenvalue weighted by atomic mass is 9.93. The molecule has 0 unspecified atom stereocenters. The van der Waals surface area contributed by atoms with Crippen LogP contribution in [-0.2, 0) is 9.53 Å². The average Bonchev–Trinajstić information content (AvgIpc) is 3.22. The van der Waals surface area contributed by atoms with Crippen LogP contribution in [-0.4, -0.2) is 60.6 Å². The highest BCUT2D eigenvalue weighted by molar-refractivity contribution is 5.77. The molecule has 0 aromatic heterocycles. The van der Waals surface area contributed by atoms with E-state index >= 15 is 0 Å². The van der Waals surface area contributed by atoms with Crippen LogP contribution in [0.5, 0.6) is 0 Å². The maximum atomic E-state index is 14.1. The molecular formula is C22H29F2N3O2. The lowest BCUT2D eigenvalue weighted by Crippen LogP contribution is -2.49. The van der Waals surface area contributed by atoms with Gasteiger partial charge in [0.25, 0.3) is 0 Å². The number of ether oxygens (including phenoxy) is 1. The molecule has 1 aromatic carbocycles. The summed E-state index contributed by atoms with van der Waals surface area (Å²) in [6.45, 7) is 7.63. The van der Waals surface area contributed by atoms with Crippen molar-refractivity contribution >= 4 is 5.91 Å². The molecule has 3 atom stereocenters. The molecule has 0 saturated carbocycles. The highest BCUT2D eigenvalue weighted by Gasteiger charge is 2.39. The maximum Gasteiger partial charge on any atom is 0.223 e. The van der Waals surface area contributed by atoms with E-state index < -0.39 is 23.8 Å². The lowest BCUT2D eigenvalue weighted by molar-refractivity contribution is -0.130. The molecule has 0 bridgehead atoms. The van der Waals surface area contributed by atoms with Gasteiger partial charge in [-0.1, -0.05) is 13.8 Å². The highest BCUT2D eigenvalue weighted by Crippen LogP contribution is 2.34. The van der Waals surface area contributed by atoms with Crippen molar-refractivity contribution in [2.24, 2.45) is 11.7 Å². The number of carbonyl (C=O) groups is 1. The van der Waals surface area contributed by atoms with E-state index in [1.54, 1.807) is 0 Å². The van der Waals surface area contributed by atoms with Crippen LogP contribution in [0.1, 0.15) is 38.4 Å². The predicted molar refractivity (Wildman–Crippen MR) is 106 cm³/mol. The average molecular weight is 405 g/mol. The first kappa shape index (κ1) is 20.4. The Bertz CT molecular complexity index is 808. The van der Waals surface area contributed by atoms with Crippen molar-refractivity contribution in [3.63, 3.8) is 0 Å². The number of hydrogen-bond donors (Lipinski definition) is 1. The molecule has 0 radical (unpaired) electrons. The van der Waals surface area contributed by atoms with Gasteiger partial charge in [-0.15, -0.1) is 0 Å². The van der Waals surface area contributed by atoms with Crippen LogP contribution in [0.15, 0.2) is 29.3 Å². The van der Waals surface area contributed by atoms with Crippen molar-refractivity contribution < 1.29 is 18.3 Å². The van der Waals surface area contributed by atoms with E-state index in [9.17, 15) is 13.6 Å². The SMILES string of the molecule is CC(C)CC(=O)N1CC2=C(C1)CN([C@H]1CO[C@H](c3cc(F)ccc3F)[C@@H](N)C1)C2. The number of carbonyl (C=O) groups excluding carboxylic acids is 1. The smallest absolute Gasteiger partial charge is 0.223 e. The van der Waals surface area contributed by atoms with Crippen LogP contribution >= 0.6 is 0 Å².